The molecule has 1 aliphatic heterocycles. The summed E-state index contributed by atoms with van der Waals surface area (Å²) in [4.78, 5) is 32.9. The molecular formula is C22H24N4O3. The molecule has 1 aliphatic rings. The van der Waals surface area contributed by atoms with E-state index >= 15 is 0 Å². The van der Waals surface area contributed by atoms with Crippen LogP contribution < -0.4 is 4.74 Å². The lowest BCUT2D eigenvalue weighted by molar-refractivity contribution is -0.119. The van der Waals surface area contributed by atoms with Crippen LogP contribution in [0.2, 0.25) is 0 Å². The van der Waals surface area contributed by atoms with E-state index in [0.717, 1.165) is 23.2 Å². The molecule has 1 amide bonds. The van der Waals surface area contributed by atoms with E-state index in [0.29, 0.717) is 32.0 Å². The largest absolute Gasteiger partial charge is 0.486 e. The Morgan fingerprint density at radius 3 is 2.48 bits per heavy atom. The van der Waals surface area contributed by atoms with E-state index < -0.39 is 0 Å². The highest BCUT2D eigenvalue weighted by Crippen LogP contribution is 2.20. The van der Waals surface area contributed by atoms with Gasteiger partial charge < -0.3 is 9.64 Å². The summed E-state index contributed by atoms with van der Waals surface area (Å²) < 4.78 is 7.55. The van der Waals surface area contributed by atoms with Gasteiger partial charge in [0.15, 0.2) is 5.82 Å². The fraction of sp³-hybridized carbons (Fsp3) is 0.318. The second-order valence-electron chi connectivity index (χ2n) is 7.15. The summed E-state index contributed by atoms with van der Waals surface area (Å²) in [7, 11) is 0. The van der Waals surface area contributed by atoms with Gasteiger partial charge in [0.25, 0.3) is 0 Å². The van der Waals surface area contributed by atoms with Crippen LogP contribution in [0.4, 0.5) is 0 Å². The van der Waals surface area contributed by atoms with Crippen molar-refractivity contribution in [1.29, 1.82) is 0 Å². The van der Waals surface area contributed by atoms with E-state index in [1.807, 2.05) is 61.5 Å². The second-order valence-corrected chi connectivity index (χ2v) is 7.15. The van der Waals surface area contributed by atoms with Gasteiger partial charge in [-0.05, 0) is 31.2 Å². The quantitative estimate of drug-likeness (QED) is 0.603. The third-order valence-corrected chi connectivity index (χ3v) is 5.36. The number of fused-ring (bicyclic) bond motifs is 1. The summed E-state index contributed by atoms with van der Waals surface area (Å²) in [5.74, 6) is 1.28. The molecule has 1 atom stereocenters. The van der Waals surface area contributed by atoms with Gasteiger partial charge in [0.1, 0.15) is 12.4 Å². The molecule has 0 bridgehead atoms. The Bertz CT molecular complexity index is 994. The van der Waals surface area contributed by atoms with Gasteiger partial charge >= 0.3 is 0 Å². The van der Waals surface area contributed by atoms with Crippen molar-refractivity contribution in [2.75, 3.05) is 26.2 Å². The number of benzene rings is 2. The van der Waals surface area contributed by atoms with E-state index in [-0.39, 0.29) is 18.6 Å². The number of hydrogen-bond donors (Lipinski definition) is 0. The zero-order chi connectivity index (χ0) is 20.2. The minimum absolute atomic E-state index is 0.0371. The highest BCUT2D eigenvalue weighted by Gasteiger charge is 2.28. The van der Waals surface area contributed by atoms with Crippen LogP contribution in [0.3, 0.4) is 0 Å². The summed E-state index contributed by atoms with van der Waals surface area (Å²) in [6, 6.07) is 16.8. The standard InChI is InChI=1S/C22H24N4O3/c1-17(25-13-11-24(16-27)12-14-25)22(28)26-20-10-6-5-9-19(20)23-21(26)15-29-18-7-3-2-4-8-18/h2-10,16-17H,11-15H2,1H3. The van der Waals surface area contributed by atoms with Gasteiger partial charge in [-0.2, -0.15) is 0 Å². The van der Waals surface area contributed by atoms with E-state index in [1.165, 1.54) is 0 Å². The first-order valence-electron chi connectivity index (χ1n) is 9.79. The fourth-order valence-electron chi connectivity index (χ4n) is 3.66. The van der Waals surface area contributed by atoms with E-state index in [4.69, 9.17) is 4.74 Å². The Labute approximate surface area is 169 Å². The number of nitrogens with zero attached hydrogens (tertiary/aromatic N) is 4. The lowest BCUT2D eigenvalue weighted by Gasteiger charge is -2.35. The second kappa shape index (κ2) is 8.45. The van der Waals surface area contributed by atoms with Crippen LogP contribution in [0.15, 0.2) is 54.6 Å². The van der Waals surface area contributed by atoms with Crippen LogP contribution in [0.1, 0.15) is 17.5 Å². The van der Waals surface area contributed by atoms with Crippen molar-refractivity contribution in [3.8, 4) is 5.75 Å². The third kappa shape index (κ3) is 4.00. The van der Waals surface area contributed by atoms with Crippen LogP contribution in [0.5, 0.6) is 5.75 Å². The number of piperazine rings is 1. The molecule has 0 radical (unpaired) electrons. The molecule has 0 saturated carbocycles. The molecule has 0 N–H and O–H groups in total. The van der Waals surface area contributed by atoms with Gasteiger partial charge in [0, 0.05) is 26.2 Å². The molecule has 0 spiro atoms. The molecule has 0 aliphatic carbocycles. The molecule has 1 fully saturated rings. The number of para-hydroxylation sites is 3. The van der Waals surface area contributed by atoms with Crippen LogP contribution in [0.25, 0.3) is 11.0 Å². The van der Waals surface area contributed by atoms with Crippen LogP contribution >= 0.6 is 0 Å². The molecule has 150 valence electrons. The van der Waals surface area contributed by atoms with Crippen LogP contribution in [-0.2, 0) is 11.4 Å². The van der Waals surface area contributed by atoms with Gasteiger partial charge in [-0.3, -0.25) is 19.1 Å². The number of aromatic nitrogens is 2. The zero-order valence-electron chi connectivity index (χ0n) is 16.4. The number of carbonyl (C=O) groups is 2. The maximum absolute atomic E-state index is 13.4. The van der Waals surface area contributed by atoms with Gasteiger partial charge in [0.05, 0.1) is 17.1 Å². The lowest BCUT2D eigenvalue weighted by Crippen LogP contribution is -2.52. The minimum atomic E-state index is -0.322. The van der Waals surface area contributed by atoms with Crippen molar-refractivity contribution < 1.29 is 14.3 Å². The van der Waals surface area contributed by atoms with Crippen molar-refractivity contribution in [3.05, 3.63) is 60.4 Å². The average Bonchev–Trinajstić information content (AvgIpc) is 3.16. The van der Waals surface area contributed by atoms with Crippen molar-refractivity contribution in [1.82, 2.24) is 19.4 Å². The first kappa shape index (κ1) is 19.1. The van der Waals surface area contributed by atoms with Crippen LogP contribution in [0, 0.1) is 0 Å². The lowest BCUT2D eigenvalue weighted by atomic mass is 10.2. The Morgan fingerprint density at radius 1 is 1.07 bits per heavy atom. The first-order valence-corrected chi connectivity index (χ1v) is 9.79. The van der Waals surface area contributed by atoms with Crippen molar-refractivity contribution >= 4 is 23.4 Å². The van der Waals surface area contributed by atoms with Crippen molar-refractivity contribution in [3.63, 3.8) is 0 Å². The molecule has 1 unspecified atom stereocenters. The van der Waals surface area contributed by atoms with Gasteiger partial charge in [-0.1, -0.05) is 30.3 Å². The molecule has 7 nitrogen and oxygen atoms in total. The number of amides is 1. The molecule has 1 aromatic heterocycles. The Kier molecular flexibility index (Phi) is 5.57. The summed E-state index contributed by atoms with van der Waals surface area (Å²) in [6.07, 6.45) is 0.867. The summed E-state index contributed by atoms with van der Waals surface area (Å²) in [6.45, 7) is 4.74. The smallest absolute Gasteiger partial charge is 0.249 e. The average molecular weight is 392 g/mol. The Balaban J connectivity index is 1.59. The number of hydrogen-bond acceptors (Lipinski definition) is 5. The topological polar surface area (TPSA) is 67.7 Å². The SMILES string of the molecule is CC(C(=O)n1c(COc2ccccc2)nc2ccccc21)N1CCN(C=O)CC1. The van der Waals surface area contributed by atoms with E-state index in [9.17, 15) is 9.59 Å². The number of carbonyl (C=O) groups excluding carboxylic acids is 2. The number of imidazole rings is 1. The predicted octanol–water partition coefficient (Wildman–Crippen LogP) is 2.42. The predicted molar refractivity (Wildman–Crippen MR) is 110 cm³/mol. The molecule has 3 aromatic rings. The molecule has 7 heteroatoms. The normalized spacial score (nSPS) is 16.0. The molecule has 2 aromatic carbocycles. The van der Waals surface area contributed by atoms with Crippen molar-refractivity contribution in [2.45, 2.75) is 19.6 Å². The molecular weight excluding hydrogens is 368 g/mol. The minimum Gasteiger partial charge on any atom is -0.486 e. The van der Waals surface area contributed by atoms with E-state index in [2.05, 4.69) is 9.88 Å². The maximum atomic E-state index is 13.4. The van der Waals surface area contributed by atoms with Gasteiger partial charge in [-0.15, -0.1) is 0 Å². The third-order valence-electron chi connectivity index (χ3n) is 5.36. The molecule has 1 saturated heterocycles. The van der Waals surface area contributed by atoms with Gasteiger partial charge in [0.2, 0.25) is 12.3 Å². The molecule has 29 heavy (non-hydrogen) atoms. The Morgan fingerprint density at radius 2 is 1.76 bits per heavy atom. The Hall–Kier alpha value is -3.19. The zero-order valence-corrected chi connectivity index (χ0v) is 16.4. The number of rotatable bonds is 6. The summed E-state index contributed by atoms with van der Waals surface area (Å²) in [5, 5.41) is 0. The molecule has 4 rings (SSSR count). The van der Waals surface area contributed by atoms with Gasteiger partial charge in [-0.25, -0.2) is 4.98 Å². The monoisotopic (exact) mass is 392 g/mol. The summed E-state index contributed by atoms with van der Waals surface area (Å²) in [5.41, 5.74) is 1.55. The summed E-state index contributed by atoms with van der Waals surface area (Å²) >= 11 is 0. The van der Waals surface area contributed by atoms with Crippen LogP contribution in [-0.4, -0.2) is 63.9 Å². The van der Waals surface area contributed by atoms with E-state index in [1.54, 1.807) is 9.47 Å². The van der Waals surface area contributed by atoms with Crippen molar-refractivity contribution in [2.24, 2.45) is 0 Å². The number of ether oxygens (including phenoxy) is 1. The highest BCUT2D eigenvalue weighted by atomic mass is 16.5. The molecule has 2 heterocycles. The maximum Gasteiger partial charge on any atom is 0.249 e. The fourth-order valence-corrected chi connectivity index (χ4v) is 3.66. The highest BCUT2D eigenvalue weighted by molar-refractivity contribution is 5.93. The first-order chi connectivity index (χ1) is 14.2.